The number of alkyl halides is 3. The SMILES string of the molecule is COc1ccc(NC(=O)c2cncc(-c3ccc(C(F)(F)F)cc3)c2)cc1C(=O)O. The predicted octanol–water partition coefficient (Wildman–Crippen LogP) is 4.73. The van der Waals surface area contributed by atoms with Gasteiger partial charge in [0.05, 0.1) is 18.2 Å². The number of carbonyl (C=O) groups is 2. The van der Waals surface area contributed by atoms with Crippen molar-refractivity contribution in [3.8, 4) is 16.9 Å². The van der Waals surface area contributed by atoms with E-state index in [2.05, 4.69) is 10.3 Å². The number of benzene rings is 2. The van der Waals surface area contributed by atoms with Crippen LogP contribution in [0.5, 0.6) is 5.75 Å². The number of carboxylic acid groups (broad SMARTS) is 1. The first kappa shape index (κ1) is 20.8. The average Bonchev–Trinajstić information content (AvgIpc) is 2.73. The molecule has 1 aromatic heterocycles. The molecule has 1 amide bonds. The zero-order valence-electron chi connectivity index (χ0n) is 15.5. The summed E-state index contributed by atoms with van der Waals surface area (Å²) in [4.78, 5) is 27.8. The normalized spacial score (nSPS) is 11.1. The highest BCUT2D eigenvalue weighted by Gasteiger charge is 2.30. The van der Waals surface area contributed by atoms with Crippen LogP contribution >= 0.6 is 0 Å². The number of pyridine rings is 1. The fourth-order valence-corrected chi connectivity index (χ4v) is 2.73. The van der Waals surface area contributed by atoms with Gasteiger partial charge in [-0.3, -0.25) is 9.78 Å². The number of ether oxygens (including phenoxy) is 1. The van der Waals surface area contributed by atoms with E-state index in [1.54, 1.807) is 0 Å². The van der Waals surface area contributed by atoms with Gasteiger partial charge in [0, 0.05) is 23.6 Å². The second kappa shape index (κ2) is 8.24. The van der Waals surface area contributed by atoms with Crippen molar-refractivity contribution in [2.45, 2.75) is 6.18 Å². The van der Waals surface area contributed by atoms with Crippen LogP contribution in [0.2, 0.25) is 0 Å². The molecule has 1 heterocycles. The lowest BCUT2D eigenvalue weighted by Crippen LogP contribution is -2.13. The van der Waals surface area contributed by atoms with Gasteiger partial charge in [0.25, 0.3) is 5.91 Å². The van der Waals surface area contributed by atoms with E-state index in [9.17, 15) is 27.9 Å². The zero-order valence-corrected chi connectivity index (χ0v) is 15.5. The van der Waals surface area contributed by atoms with Crippen LogP contribution in [-0.4, -0.2) is 29.1 Å². The summed E-state index contributed by atoms with van der Waals surface area (Å²) in [5.41, 5.74) is 0.409. The lowest BCUT2D eigenvalue weighted by Gasteiger charge is -2.10. The third-order valence-corrected chi connectivity index (χ3v) is 4.23. The molecule has 0 bridgehead atoms. The number of carboxylic acids is 1. The van der Waals surface area contributed by atoms with E-state index >= 15 is 0 Å². The van der Waals surface area contributed by atoms with E-state index in [0.29, 0.717) is 11.1 Å². The lowest BCUT2D eigenvalue weighted by atomic mass is 10.0. The fraction of sp³-hybridized carbons (Fsp3) is 0.0952. The quantitative estimate of drug-likeness (QED) is 0.628. The van der Waals surface area contributed by atoms with Gasteiger partial charge in [-0.1, -0.05) is 12.1 Å². The summed E-state index contributed by atoms with van der Waals surface area (Å²) in [6.45, 7) is 0. The summed E-state index contributed by atoms with van der Waals surface area (Å²) in [6.07, 6.45) is -1.72. The van der Waals surface area contributed by atoms with Crippen LogP contribution in [0.3, 0.4) is 0 Å². The molecule has 0 fully saturated rings. The molecule has 0 radical (unpaired) electrons. The number of anilines is 1. The molecular formula is C21H15F3N2O4. The molecular weight excluding hydrogens is 401 g/mol. The Labute approximate surface area is 169 Å². The maximum absolute atomic E-state index is 12.7. The van der Waals surface area contributed by atoms with Gasteiger partial charge in [-0.25, -0.2) is 4.79 Å². The number of aromatic carboxylic acids is 1. The molecule has 154 valence electrons. The van der Waals surface area contributed by atoms with Crippen LogP contribution in [-0.2, 0) is 6.18 Å². The highest BCUT2D eigenvalue weighted by molar-refractivity contribution is 6.05. The highest BCUT2D eigenvalue weighted by Crippen LogP contribution is 2.31. The van der Waals surface area contributed by atoms with Crippen LogP contribution in [0, 0.1) is 0 Å². The molecule has 0 aliphatic heterocycles. The monoisotopic (exact) mass is 416 g/mol. The van der Waals surface area contributed by atoms with Crippen LogP contribution in [0.25, 0.3) is 11.1 Å². The van der Waals surface area contributed by atoms with E-state index in [0.717, 1.165) is 12.1 Å². The largest absolute Gasteiger partial charge is 0.496 e. The number of rotatable bonds is 5. The van der Waals surface area contributed by atoms with E-state index in [1.807, 2.05) is 0 Å². The van der Waals surface area contributed by atoms with Crippen molar-refractivity contribution < 1.29 is 32.6 Å². The molecule has 2 N–H and O–H groups in total. The van der Waals surface area contributed by atoms with Crippen molar-refractivity contribution in [3.05, 3.63) is 77.6 Å². The molecule has 30 heavy (non-hydrogen) atoms. The number of nitrogens with one attached hydrogen (secondary N) is 1. The van der Waals surface area contributed by atoms with Crippen molar-refractivity contribution >= 4 is 17.6 Å². The Kier molecular flexibility index (Phi) is 5.72. The van der Waals surface area contributed by atoms with Crippen molar-refractivity contribution in [3.63, 3.8) is 0 Å². The van der Waals surface area contributed by atoms with Crippen LogP contribution in [0.4, 0.5) is 18.9 Å². The minimum absolute atomic E-state index is 0.119. The third kappa shape index (κ3) is 4.57. The van der Waals surface area contributed by atoms with Gasteiger partial charge in [0.1, 0.15) is 11.3 Å². The summed E-state index contributed by atoms with van der Waals surface area (Å²) < 4.78 is 43.1. The first-order valence-corrected chi connectivity index (χ1v) is 8.54. The van der Waals surface area contributed by atoms with Crippen molar-refractivity contribution in [2.24, 2.45) is 0 Å². The van der Waals surface area contributed by atoms with E-state index < -0.39 is 23.6 Å². The van der Waals surface area contributed by atoms with Gasteiger partial charge in [0.15, 0.2) is 0 Å². The maximum Gasteiger partial charge on any atom is 0.416 e. The summed E-state index contributed by atoms with van der Waals surface area (Å²) in [5.74, 6) is -1.63. The summed E-state index contributed by atoms with van der Waals surface area (Å²) >= 11 is 0. The molecule has 0 aliphatic carbocycles. The van der Waals surface area contributed by atoms with E-state index in [4.69, 9.17) is 4.74 Å². The molecule has 6 nitrogen and oxygen atoms in total. The number of amides is 1. The molecule has 2 aromatic carbocycles. The number of halogens is 3. The van der Waals surface area contributed by atoms with Gasteiger partial charge < -0.3 is 15.2 Å². The van der Waals surface area contributed by atoms with Gasteiger partial charge in [-0.2, -0.15) is 13.2 Å². The molecule has 0 spiro atoms. The first-order valence-electron chi connectivity index (χ1n) is 8.54. The third-order valence-electron chi connectivity index (χ3n) is 4.23. The lowest BCUT2D eigenvalue weighted by molar-refractivity contribution is -0.137. The Morgan fingerprint density at radius 2 is 1.70 bits per heavy atom. The van der Waals surface area contributed by atoms with Gasteiger partial charge >= 0.3 is 12.1 Å². The Morgan fingerprint density at radius 3 is 2.30 bits per heavy atom. The van der Waals surface area contributed by atoms with Crippen molar-refractivity contribution in [1.82, 2.24) is 4.98 Å². The smallest absolute Gasteiger partial charge is 0.416 e. The number of methoxy groups -OCH3 is 1. The van der Waals surface area contributed by atoms with Crippen LogP contribution < -0.4 is 10.1 Å². The maximum atomic E-state index is 12.7. The summed E-state index contributed by atoms with van der Waals surface area (Å²) in [5, 5.41) is 11.8. The standard InChI is InChI=1S/C21H15F3N2O4/c1-30-18-7-6-16(9-17(18)20(28)29)26-19(27)14-8-13(10-25-11-14)12-2-4-15(5-3-12)21(22,23)24/h2-11H,1H3,(H,26,27)(H,28,29). The molecule has 0 saturated heterocycles. The molecule has 0 unspecified atom stereocenters. The number of hydrogen-bond acceptors (Lipinski definition) is 4. The Hall–Kier alpha value is -3.88. The summed E-state index contributed by atoms with van der Waals surface area (Å²) in [6, 6.07) is 10.1. The topological polar surface area (TPSA) is 88.5 Å². The first-order chi connectivity index (χ1) is 14.2. The predicted molar refractivity (Wildman–Crippen MR) is 103 cm³/mol. The Bertz CT molecular complexity index is 1100. The Morgan fingerprint density at radius 1 is 1.00 bits per heavy atom. The van der Waals surface area contributed by atoms with E-state index in [1.165, 1.54) is 55.9 Å². The molecule has 0 aliphatic rings. The van der Waals surface area contributed by atoms with Crippen LogP contribution in [0.1, 0.15) is 26.3 Å². The Balaban J connectivity index is 1.83. The highest BCUT2D eigenvalue weighted by atomic mass is 19.4. The number of carbonyl (C=O) groups excluding carboxylic acids is 1. The van der Waals surface area contributed by atoms with E-state index in [-0.39, 0.29) is 22.6 Å². The second-order valence-corrected chi connectivity index (χ2v) is 6.21. The molecule has 9 heteroatoms. The second-order valence-electron chi connectivity index (χ2n) is 6.21. The van der Waals surface area contributed by atoms with Crippen LogP contribution in [0.15, 0.2) is 60.9 Å². The van der Waals surface area contributed by atoms with Gasteiger partial charge in [-0.15, -0.1) is 0 Å². The minimum atomic E-state index is -4.44. The molecule has 0 atom stereocenters. The van der Waals surface area contributed by atoms with Gasteiger partial charge in [0.2, 0.25) is 0 Å². The number of hydrogen-bond donors (Lipinski definition) is 2. The van der Waals surface area contributed by atoms with Crippen molar-refractivity contribution in [2.75, 3.05) is 12.4 Å². The molecule has 3 rings (SSSR count). The van der Waals surface area contributed by atoms with Crippen molar-refractivity contribution in [1.29, 1.82) is 0 Å². The minimum Gasteiger partial charge on any atom is -0.496 e. The fourth-order valence-electron chi connectivity index (χ4n) is 2.73. The van der Waals surface area contributed by atoms with Gasteiger partial charge in [-0.05, 0) is 42.0 Å². The number of nitrogens with zero attached hydrogens (tertiary/aromatic N) is 1. The average molecular weight is 416 g/mol. The zero-order chi connectivity index (χ0) is 21.9. The molecule has 3 aromatic rings. The number of aromatic nitrogens is 1. The molecule has 0 saturated carbocycles. The summed E-state index contributed by atoms with van der Waals surface area (Å²) in [7, 11) is 1.33.